The van der Waals surface area contributed by atoms with Gasteiger partial charge in [0.25, 0.3) is 0 Å². The van der Waals surface area contributed by atoms with Gasteiger partial charge in [0.15, 0.2) is 0 Å². The summed E-state index contributed by atoms with van der Waals surface area (Å²) in [4.78, 5) is 13.4. The lowest BCUT2D eigenvalue weighted by Crippen LogP contribution is -1.92. The summed E-state index contributed by atoms with van der Waals surface area (Å²) in [5.41, 5.74) is 1.05. The molecule has 0 atom stereocenters. The van der Waals surface area contributed by atoms with Crippen LogP contribution >= 0.6 is 0 Å². The van der Waals surface area contributed by atoms with Gasteiger partial charge in [-0.25, -0.2) is 0 Å². The number of ether oxygens (including phenoxy) is 2. The van der Waals surface area contributed by atoms with Crippen molar-refractivity contribution in [3.8, 4) is 22.8 Å². The Morgan fingerprint density at radius 3 is 2.33 bits per heavy atom. The highest BCUT2D eigenvalue weighted by Crippen LogP contribution is 2.37. The van der Waals surface area contributed by atoms with Gasteiger partial charge >= 0.3 is 5.69 Å². The summed E-state index contributed by atoms with van der Waals surface area (Å²) in [5, 5.41) is 11.0. The van der Waals surface area contributed by atoms with Gasteiger partial charge in [-0.15, -0.1) is 0 Å². The molecule has 6 heteroatoms. The SMILES string of the molecule is COc1ccc(-c2[nH]cc(OC)c2[N+](=O)[O-])cc1. The Kier molecular flexibility index (Phi) is 3.18. The van der Waals surface area contributed by atoms with Crippen LogP contribution < -0.4 is 9.47 Å². The Balaban J connectivity index is 2.49. The Morgan fingerprint density at radius 1 is 1.17 bits per heavy atom. The zero-order valence-electron chi connectivity index (χ0n) is 9.97. The molecule has 1 aromatic heterocycles. The zero-order valence-corrected chi connectivity index (χ0v) is 9.97. The van der Waals surface area contributed by atoms with E-state index < -0.39 is 4.92 Å². The highest BCUT2D eigenvalue weighted by Gasteiger charge is 2.24. The summed E-state index contributed by atoms with van der Waals surface area (Å²) in [7, 11) is 2.96. The summed E-state index contributed by atoms with van der Waals surface area (Å²) in [6.45, 7) is 0. The first-order chi connectivity index (χ1) is 8.67. The van der Waals surface area contributed by atoms with Crippen LogP contribution in [0.3, 0.4) is 0 Å². The number of hydrogen-bond donors (Lipinski definition) is 1. The van der Waals surface area contributed by atoms with Gasteiger partial charge in [0.1, 0.15) is 11.4 Å². The van der Waals surface area contributed by atoms with Crippen LogP contribution in [0.15, 0.2) is 30.5 Å². The number of aromatic nitrogens is 1. The Hall–Kier alpha value is -2.50. The van der Waals surface area contributed by atoms with E-state index in [1.54, 1.807) is 31.4 Å². The average Bonchev–Trinajstić information content (AvgIpc) is 2.82. The van der Waals surface area contributed by atoms with Crippen molar-refractivity contribution in [1.82, 2.24) is 4.98 Å². The molecule has 6 nitrogen and oxygen atoms in total. The molecule has 18 heavy (non-hydrogen) atoms. The van der Waals surface area contributed by atoms with E-state index in [4.69, 9.17) is 9.47 Å². The highest BCUT2D eigenvalue weighted by atomic mass is 16.6. The lowest BCUT2D eigenvalue weighted by Gasteiger charge is -2.02. The number of nitrogens with one attached hydrogen (secondary N) is 1. The van der Waals surface area contributed by atoms with Crippen molar-refractivity contribution in [2.24, 2.45) is 0 Å². The van der Waals surface area contributed by atoms with Gasteiger partial charge in [-0.05, 0) is 24.3 Å². The van der Waals surface area contributed by atoms with E-state index in [1.807, 2.05) is 0 Å². The number of H-pyrrole nitrogens is 1. The molecule has 0 aliphatic rings. The molecule has 0 aliphatic carbocycles. The molecule has 0 spiro atoms. The fourth-order valence-electron chi connectivity index (χ4n) is 1.71. The molecule has 0 fully saturated rings. The fourth-order valence-corrected chi connectivity index (χ4v) is 1.71. The molecular weight excluding hydrogens is 236 g/mol. The van der Waals surface area contributed by atoms with Gasteiger partial charge in [-0.2, -0.15) is 0 Å². The first kappa shape index (κ1) is 12.0. The number of methoxy groups -OCH3 is 2. The normalized spacial score (nSPS) is 10.1. The molecule has 0 saturated carbocycles. The van der Waals surface area contributed by atoms with Crippen molar-refractivity contribution in [1.29, 1.82) is 0 Å². The standard InChI is InChI=1S/C12H12N2O4/c1-17-9-5-3-8(4-6-9)11-12(14(15)16)10(18-2)7-13-11/h3-7,13H,1-2H3. The average molecular weight is 248 g/mol. The smallest absolute Gasteiger partial charge is 0.336 e. The molecule has 1 N–H and O–H groups in total. The van der Waals surface area contributed by atoms with Crippen molar-refractivity contribution in [2.75, 3.05) is 14.2 Å². The molecule has 0 unspecified atom stereocenters. The molecular formula is C12H12N2O4. The minimum Gasteiger partial charge on any atom is -0.497 e. The molecule has 2 rings (SSSR count). The third-order valence-electron chi connectivity index (χ3n) is 2.60. The quantitative estimate of drug-likeness (QED) is 0.666. The number of hydrogen-bond acceptors (Lipinski definition) is 4. The summed E-state index contributed by atoms with van der Waals surface area (Å²) >= 11 is 0. The number of rotatable bonds is 4. The van der Waals surface area contributed by atoms with Gasteiger partial charge in [-0.3, -0.25) is 10.1 Å². The van der Waals surface area contributed by atoms with Crippen LogP contribution in [0.5, 0.6) is 11.5 Å². The summed E-state index contributed by atoms with van der Waals surface area (Å²) < 4.78 is 10.00. The predicted octanol–water partition coefficient (Wildman–Crippen LogP) is 2.61. The van der Waals surface area contributed by atoms with E-state index in [2.05, 4.69) is 4.98 Å². The molecule has 2 aromatic rings. The van der Waals surface area contributed by atoms with E-state index in [0.29, 0.717) is 17.0 Å². The van der Waals surface area contributed by atoms with Crippen LogP contribution in [0.2, 0.25) is 0 Å². The van der Waals surface area contributed by atoms with Gasteiger partial charge in [-0.1, -0.05) is 0 Å². The molecule has 1 heterocycles. The van der Waals surface area contributed by atoms with Crippen molar-refractivity contribution in [3.63, 3.8) is 0 Å². The number of nitro groups is 1. The third-order valence-corrected chi connectivity index (χ3v) is 2.60. The summed E-state index contributed by atoms with van der Waals surface area (Å²) in [6, 6.07) is 6.98. The topological polar surface area (TPSA) is 77.4 Å². The van der Waals surface area contributed by atoms with Crippen LogP contribution in [0.1, 0.15) is 0 Å². The molecule has 0 saturated heterocycles. The van der Waals surface area contributed by atoms with Crippen LogP contribution in [0.25, 0.3) is 11.3 Å². The van der Waals surface area contributed by atoms with Crippen LogP contribution in [0, 0.1) is 10.1 Å². The van der Waals surface area contributed by atoms with Crippen LogP contribution in [-0.2, 0) is 0 Å². The Labute approximate surface area is 103 Å². The number of benzene rings is 1. The van der Waals surface area contributed by atoms with Gasteiger partial charge in [0.2, 0.25) is 5.75 Å². The number of aromatic amines is 1. The number of nitrogens with zero attached hydrogens (tertiary/aromatic N) is 1. The second kappa shape index (κ2) is 4.79. The molecule has 0 bridgehead atoms. The second-order valence-electron chi connectivity index (χ2n) is 3.57. The second-order valence-corrected chi connectivity index (χ2v) is 3.57. The maximum Gasteiger partial charge on any atom is 0.336 e. The predicted molar refractivity (Wildman–Crippen MR) is 66.0 cm³/mol. The Morgan fingerprint density at radius 2 is 1.83 bits per heavy atom. The summed E-state index contributed by atoms with van der Waals surface area (Å²) in [5.74, 6) is 0.908. The third kappa shape index (κ3) is 2.00. The molecule has 0 amide bonds. The monoisotopic (exact) mass is 248 g/mol. The summed E-state index contributed by atoms with van der Waals surface area (Å²) in [6.07, 6.45) is 1.47. The van der Waals surface area contributed by atoms with E-state index in [1.165, 1.54) is 13.3 Å². The largest absolute Gasteiger partial charge is 0.497 e. The van der Waals surface area contributed by atoms with Crippen LogP contribution in [0.4, 0.5) is 5.69 Å². The zero-order chi connectivity index (χ0) is 13.1. The lowest BCUT2D eigenvalue weighted by molar-refractivity contribution is -0.384. The van der Waals surface area contributed by atoms with Gasteiger partial charge < -0.3 is 14.5 Å². The minimum absolute atomic E-state index is 0.0670. The van der Waals surface area contributed by atoms with Crippen molar-refractivity contribution in [3.05, 3.63) is 40.6 Å². The van der Waals surface area contributed by atoms with E-state index in [0.717, 1.165) is 0 Å². The van der Waals surface area contributed by atoms with Crippen molar-refractivity contribution >= 4 is 5.69 Å². The molecule has 1 aromatic carbocycles. The lowest BCUT2D eigenvalue weighted by atomic mass is 10.1. The van der Waals surface area contributed by atoms with E-state index in [-0.39, 0.29) is 11.4 Å². The maximum atomic E-state index is 11.0. The van der Waals surface area contributed by atoms with E-state index >= 15 is 0 Å². The maximum absolute atomic E-state index is 11.0. The first-order valence-corrected chi connectivity index (χ1v) is 5.21. The van der Waals surface area contributed by atoms with Gasteiger partial charge in [0.05, 0.1) is 25.3 Å². The van der Waals surface area contributed by atoms with Crippen molar-refractivity contribution in [2.45, 2.75) is 0 Å². The van der Waals surface area contributed by atoms with Crippen LogP contribution in [-0.4, -0.2) is 24.1 Å². The molecule has 0 aliphatic heterocycles. The first-order valence-electron chi connectivity index (χ1n) is 5.21. The van der Waals surface area contributed by atoms with Gasteiger partial charge in [0, 0.05) is 5.56 Å². The molecule has 94 valence electrons. The molecule has 0 radical (unpaired) electrons. The highest BCUT2D eigenvalue weighted by molar-refractivity contribution is 5.74. The Bertz CT molecular complexity index is 560. The fraction of sp³-hybridized carbons (Fsp3) is 0.167. The van der Waals surface area contributed by atoms with E-state index in [9.17, 15) is 10.1 Å². The minimum atomic E-state index is -0.463. The van der Waals surface area contributed by atoms with Crippen molar-refractivity contribution < 1.29 is 14.4 Å².